The van der Waals surface area contributed by atoms with Crippen LogP contribution >= 0.6 is 0 Å². The first kappa shape index (κ1) is 25.0. The Labute approximate surface area is 208 Å². The second-order valence-corrected chi connectivity index (χ2v) is 10.0. The lowest BCUT2D eigenvalue weighted by molar-refractivity contribution is 0.472. The quantitative estimate of drug-likeness (QED) is 0.147. The molecule has 0 fully saturated rings. The molecule has 4 N–H and O–H groups in total. The number of azo groups is 2. The topological polar surface area (TPSA) is 150 Å². The summed E-state index contributed by atoms with van der Waals surface area (Å²) >= 11 is 0. The lowest BCUT2D eigenvalue weighted by atomic mass is 10.0. The largest absolute Gasteiger partial charge is 0.505 e. The zero-order valence-electron chi connectivity index (χ0n) is 20.2. The Morgan fingerprint density at radius 2 is 1.39 bits per heavy atom. The highest BCUT2D eigenvalue weighted by Crippen LogP contribution is 2.47. The third-order valence-electron chi connectivity index (χ3n) is 5.74. The number of nitrogen functional groups attached to an aromatic ring is 1. The van der Waals surface area contributed by atoms with Crippen molar-refractivity contribution < 1.29 is 18.1 Å². The number of rotatable bonds is 5. The molecule has 10 heteroatoms. The van der Waals surface area contributed by atoms with Crippen LogP contribution in [0.3, 0.4) is 0 Å². The van der Waals surface area contributed by atoms with Gasteiger partial charge >= 0.3 is 0 Å². The second-order valence-electron chi connectivity index (χ2n) is 8.63. The number of aromatic hydroxyl groups is 1. The summed E-state index contributed by atoms with van der Waals surface area (Å²) in [6.07, 6.45) is 0. The Morgan fingerprint density at radius 3 is 2.06 bits per heavy atom. The fourth-order valence-electron chi connectivity index (χ4n) is 3.76. The van der Waals surface area contributed by atoms with E-state index in [9.17, 15) is 18.1 Å². The van der Waals surface area contributed by atoms with E-state index in [1.165, 1.54) is 6.07 Å². The predicted octanol–water partition coefficient (Wildman–Crippen LogP) is 7.44. The van der Waals surface area contributed by atoms with Crippen LogP contribution in [-0.2, 0) is 10.1 Å². The van der Waals surface area contributed by atoms with Crippen molar-refractivity contribution in [2.24, 2.45) is 20.5 Å². The maximum Gasteiger partial charge on any atom is 0.296 e. The van der Waals surface area contributed by atoms with E-state index in [2.05, 4.69) is 20.5 Å². The summed E-state index contributed by atoms with van der Waals surface area (Å²) in [5.41, 5.74) is 10.9. The number of hydrogen-bond donors (Lipinski definition) is 3. The maximum absolute atomic E-state index is 12.2. The van der Waals surface area contributed by atoms with Gasteiger partial charge in [0.05, 0.1) is 22.4 Å². The van der Waals surface area contributed by atoms with Crippen LogP contribution < -0.4 is 5.73 Å². The van der Waals surface area contributed by atoms with Crippen molar-refractivity contribution in [3.63, 3.8) is 0 Å². The normalized spacial score (nSPS) is 12.2. The van der Waals surface area contributed by atoms with Gasteiger partial charge in [-0.1, -0.05) is 29.8 Å². The highest BCUT2D eigenvalue weighted by atomic mass is 32.2. The molecule has 0 saturated heterocycles. The molecule has 0 heterocycles. The molecule has 0 radical (unpaired) electrons. The van der Waals surface area contributed by atoms with Crippen molar-refractivity contribution in [1.29, 1.82) is 0 Å². The standard InChI is InChI=1S/C26H25N5O4S/c1-14-6-9-19(10-7-14)28-30-24-17(4)12-18-13-21(36(33,34)35)25(26(32)22(18)23(24)27)31-29-20-11-15(2)5-8-16(20)3/h5-13,32H,27H2,1-4H3,(H,33,34,35). The molecule has 0 unspecified atom stereocenters. The van der Waals surface area contributed by atoms with E-state index in [-0.39, 0.29) is 16.5 Å². The summed E-state index contributed by atoms with van der Waals surface area (Å²) in [4.78, 5) is -0.589. The zero-order valence-corrected chi connectivity index (χ0v) is 21.0. The monoisotopic (exact) mass is 503 g/mol. The van der Waals surface area contributed by atoms with Gasteiger partial charge in [-0.15, -0.1) is 10.2 Å². The number of phenolic OH excluding ortho intramolecular Hbond substituents is 1. The SMILES string of the molecule is Cc1ccc(N=Nc2c(C)cc3cc(S(=O)(=O)O)c(N=Nc4cc(C)ccc4C)c(O)c3c2N)cc1. The molecule has 4 aromatic carbocycles. The van der Waals surface area contributed by atoms with E-state index >= 15 is 0 Å². The number of benzene rings is 4. The number of hydrogen-bond acceptors (Lipinski definition) is 8. The fourth-order valence-corrected chi connectivity index (χ4v) is 4.42. The molecular formula is C26H25N5O4S. The molecule has 4 aromatic rings. The van der Waals surface area contributed by atoms with Crippen LogP contribution in [0.4, 0.5) is 28.4 Å². The lowest BCUT2D eigenvalue weighted by Crippen LogP contribution is -2.00. The highest BCUT2D eigenvalue weighted by molar-refractivity contribution is 7.86. The number of aryl methyl sites for hydroxylation is 4. The van der Waals surface area contributed by atoms with E-state index in [0.717, 1.165) is 16.7 Å². The van der Waals surface area contributed by atoms with Gasteiger partial charge in [-0.3, -0.25) is 4.55 Å². The molecule has 36 heavy (non-hydrogen) atoms. The molecule has 0 saturated carbocycles. The Morgan fingerprint density at radius 1 is 0.750 bits per heavy atom. The molecule has 9 nitrogen and oxygen atoms in total. The average molecular weight is 504 g/mol. The average Bonchev–Trinajstić information content (AvgIpc) is 2.80. The van der Waals surface area contributed by atoms with Gasteiger partial charge < -0.3 is 10.8 Å². The van der Waals surface area contributed by atoms with Gasteiger partial charge in [-0.2, -0.15) is 18.6 Å². The predicted molar refractivity (Wildman–Crippen MR) is 140 cm³/mol. The van der Waals surface area contributed by atoms with Crippen LogP contribution in [-0.4, -0.2) is 18.1 Å². The molecule has 184 valence electrons. The van der Waals surface area contributed by atoms with Crippen LogP contribution in [0.25, 0.3) is 10.8 Å². The van der Waals surface area contributed by atoms with E-state index in [1.807, 2.05) is 57.2 Å². The first-order valence-electron chi connectivity index (χ1n) is 11.0. The third-order valence-corrected chi connectivity index (χ3v) is 6.61. The molecule has 0 atom stereocenters. The van der Waals surface area contributed by atoms with Gasteiger partial charge in [0.25, 0.3) is 10.1 Å². The van der Waals surface area contributed by atoms with Gasteiger partial charge in [0, 0.05) is 0 Å². The summed E-state index contributed by atoms with van der Waals surface area (Å²) in [6, 6.07) is 15.8. The van der Waals surface area contributed by atoms with Crippen molar-refractivity contribution in [2.45, 2.75) is 32.6 Å². The second kappa shape index (κ2) is 9.48. The number of fused-ring (bicyclic) bond motifs is 1. The highest BCUT2D eigenvalue weighted by Gasteiger charge is 2.24. The third kappa shape index (κ3) is 4.95. The van der Waals surface area contributed by atoms with E-state index in [4.69, 9.17) is 5.73 Å². The smallest absolute Gasteiger partial charge is 0.296 e. The maximum atomic E-state index is 12.2. The molecule has 0 aromatic heterocycles. The molecular weight excluding hydrogens is 478 g/mol. The Kier molecular flexibility index (Phi) is 6.57. The molecule has 4 rings (SSSR count). The summed E-state index contributed by atoms with van der Waals surface area (Å²) < 4.78 is 34.2. The van der Waals surface area contributed by atoms with Crippen molar-refractivity contribution >= 4 is 49.3 Å². The number of anilines is 1. The van der Waals surface area contributed by atoms with Crippen molar-refractivity contribution in [3.8, 4) is 5.75 Å². The van der Waals surface area contributed by atoms with Crippen LogP contribution in [0, 0.1) is 27.7 Å². The van der Waals surface area contributed by atoms with Crippen molar-refractivity contribution in [1.82, 2.24) is 0 Å². The van der Waals surface area contributed by atoms with Gasteiger partial charge in [0.15, 0.2) is 5.75 Å². The van der Waals surface area contributed by atoms with E-state index < -0.39 is 26.5 Å². The molecule has 0 amide bonds. The Bertz CT molecular complexity index is 1660. The Hall–Kier alpha value is -4.15. The van der Waals surface area contributed by atoms with Crippen LogP contribution in [0.5, 0.6) is 5.75 Å². The summed E-state index contributed by atoms with van der Waals surface area (Å²) in [5.74, 6) is -0.543. The summed E-state index contributed by atoms with van der Waals surface area (Å²) in [6.45, 7) is 7.40. The number of nitrogens with two attached hydrogens (primary N) is 1. The fraction of sp³-hybridized carbons (Fsp3) is 0.154. The Balaban J connectivity index is 1.93. The minimum atomic E-state index is -4.75. The van der Waals surface area contributed by atoms with E-state index in [1.54, 1.807) is 19.1 Å². The number of phenols is 1. The molecule has 0 spiro atoms. The molecule has 0 aliphatic heterocycles. The zero-order chi connectivity index (χ0) is 26.2. The summed E-state index contributed by atoms with van der Waals surface area (Å²) in [5, 5.41) is 28.2. The van der Waals surface area contributed by atoms with E-state index in [0.29, 0.717) is 22.6 Å². The summed E-state index contributed by atoms with van der Waals surface area (Å²) in [7, 11) is -4.75. The van der Waals surface area contributed by atoms with Crippen molar-refractivity contribution in [3.05, 3.63) is 76.9 Å². The van der Waals surface area contributed by atoms with Gasteiger partial charge in [0.2, 0.25) is 0 Å². The first-order valence-corrected chi connectivity index (χ1v) is 12.4. The van der Waals surface area contributed by atoms with Crippen LogP contribution in [0.15, 0.2) is 79.9 Å². The first-order chi connectivity index (χ1) is 17.0. The number of nitrogens with zero attached hydrogens (tertiary/aromatic N) is 4. The molecule has 0 aliphatic carbocycles. The lowest BCUT2D eigenvalue weighted by Gasteiger charge is -2.13. The van der Waals surface area contributed by atoms with Crippen LogP contribution in [0.1, 0.15) is 22.3 Å². The van der Waals surface area contributed by atoms with Gasteiger partial charge in [-0.25, -0.2) is 0 Å². The minimum Gasteiger partial charge on any atom is -0.505 e. The molecule has 0 bridgehead atoms. The van der Waals surface area contributed by atoms with Gasteiger partial charge in [0.1, 0.15) is 16.3 Å². The van der Waals surface area contributed by atoms with Gasteiger partial charge in [-0.05, 0) is 80.1 Å². The minimum absolute atomic E-state index is 0.0865. The van der Waals surface area contributed by atoms with Crippen molar-refractivity contribution in [2.75, 3.05) is 5.73 Å². The molecule has 0 aliphatic rings. The van der Waals surface area contributed by atoms with Crippen LogP contribution in [0.2, 0.25) is 0 Å².